The SMILES string of the molecule is CCC(C)Oc1ccc(C(=O)NCCc2ccccc2)cc1. The predicted molar refractivity (Wildman–Crippen MR) is 89.3 cm³/mol. The van der Waals surface area contributed by atoms with Crippen molar-refractivity contribution in [2.45, 2.75) is 32.8 Å². The summed E-state index contributed by atoms with van der Waals surface area (Å²) in [5.41, 5.74) is 1.88. The quantitative estimate of drug-likeness (QED) is 0.843. The number of hydrogen-bond acceptors (Lipinski definition) is 2. The zero-order valence-corrected chi connectivity index (χ0v) is 13.2. The van der Waals surface area contributed by atoms with Gasteiger partial charge >= 0.3 is 0 Å². The average molecular weight is 297 g/mol. The lowest BCUT2D eigenvalue weighted by molar-refractivity contribution is 0.0954. The van der Waals surface area contributed by atoms with Gasteiger partial charge in [0.25, 0.3) is 5.91 Å². The van der Waals surface area contributed by atoms with Gasteiger partial charge in [-0.3, -0.25) is 4.79 Å². The minimum atomic E-state index is -0.0500. The van der Waals surface area contributed by atoms with Gasteiger partial charge in [-0.05, 0) is 49.6 Å². The molecule has 3 heteroatoms. The molecule has 3 nitrogen and oxygen atoms in total. The first kappa shape index (κ1) is 16.1. The highest BCUT2D eigenvalue weighted by Crippen LogP contribution is 2.14. The molecule has 2 aromatic rings. The van der Waals surface area contributed by atoms with Crippen LogP contribution in [0.4, 0.5) is 0 Å². The first-order valence-electron chi connectivity index (χ1n) is 7.78. The van der Waals surface area contributed by atoms with Gasteiger partial charge in [-0.2, -0.15) is 0 Å². The molecule has 2 aromatic carbocycles. The number of carbonyl (C=O) groups excluding carboxylic acids is 1. The maximum absolute atomic E-state index is 12.1. The van der Waals surface area contributed by atoms with Crippen LogP contribution in [-0.2, 0) is 6.42 Å². The van der Waals surface area contributed by atoms with Crippen LogP contribution in [0.25, 0.3) is 0 Å². The fourth-order valence-electron chi connectivity index (χ4n) is 2.07. The van der Waals surface area contributed by atoms with Crippen molar-refractivity contribution in [2.24, 2.45) is 0 Å². The average Bonchev–Trinajstić information content (AvgIpc) is 2.56. The maximum atomic E-state index is 12.1. The van der Waals surface area contributed by atoms with Gasteiger partial charge in [-0.15, -0.1) is 0 Å². The highest BCUT2D eigenvalue weighted by atomic mass is 16.5. The van der Waals surface area contributed by atoms with Gasteiger partial charge in [0, 0.05) is 12.1 Å². The Balaban J connectivity index is 1.82. The molecule has 1 atom stereocenters. The van der Waals surface area contributed by atoms with Crippen molar-refractivity contribution >= 4 is 5.91 Å². The topological polar surface area (TPSA) is 38.3 Å². The Bertz CT molecular complexity index is 578. The third-order valence-electron chi connectivity index (χ3n) is 3.57. The molecule has 0 spiro atoms. The minimum absolute atomic E-state index is 0.0500. The van der Waals surface area contributed by atoms with E-state index in [1.54, 1.807) is 12.1 Å². The summed E-state index contributed by atoms with van der Waals surface area (Å²) in [6.07, 6.45) is 1.98. The Morgan fingerprint density at radius 2 is 1.77 bits per heavy atom. The van der Waals surface area contributed by atoms with E-state index in [2.05, 4.69) is 24.4 Å². The van der Waals surface area contributed by atoms with Crippen molar-refractivity contribution in [2.75, 3.05) is 6.54 Å². The molecule has 0 saturated carbocycles. The highest BCUT2D eigenvalue weighted by Gasteiger charge is 2.06. The molecule has 0 fully saturated rings. The lowest BCUT2D eigenvalue weighted by Crippen LogP contribution is -2.25. The molecule has 0 aliphatic heterocycles. The minimum Gasteiger partial charge on any atom is -0.491 e. The lowest BCUT2D eigenvalue weighted by Gasteiger charge is -2.12. The van der Waals surface area contributed by atoms with Crippen LogP contribution in [0.15, 0.2) is 54.6 Å². The van der Waals surface area contributed by atoms with Gasteiger partial charge in [-0.1, -0.05) is 37.3 Å². The number of ether oxygens (including phenoxy) is 1. The summed E-state index contributed by atoms with van der Waals surface area (Å²) < 4.78 is 5.71. The molecule has 1 N–H and O–H groups in total. The molecular formula is C19H23NO2. The Hall–Kier alpha value is -2.29. The van der Waals surface area contributed by atoms with Crippen LogP contribution in [-0.4, -0.2) is 18.6 Å². The second-order valence-electron chi connectivity index (χ2n) is 5.35. The Labute approximate surface area is 132 Å². The molecule has 0 bridgehead atoms. The van der Waals surface area contributed by atoms with E-state index in [0.717, 1.165) is 18.6 Å². The van der Waals surface area contributed by atoms with Crippen molar-refractivity contribution in [3.63, 3.8) is 0 Å². The van der Waals surface area contributed by atoms with Gasteiger partial charge in [-0.25, -0.2) is 0 Å². The maximum Gasteiger partial charge on any atom is 0.251 e. The van der Waals surface area contributed by atoms with Crippen LogP contribution in [0, 0.1) is 0 Å². The van der Waals surface area contributed by atoms with E-state index in [1.807, 2.05) is 37.3 Å². The Morgan fingerprint density at radius 3 is 2.41 bits per heavy atom. The fraction of sp³-hybridized carbons (Fsp3) is 0.316. The summed E-state index contributed by atoms with van der Waals surface area (Å²) in [6, 6.07) is 17.4. The second kappa shape index (κ2) is 8.23. The van der Waals surface area contributed by atoms with Crippen LogP contribution in [0.1, 0.15) is 36.2 Å². The summed E-state index contributed by atoms with van der Waals surface area (Å²) in [5, 5.41) is 2.94. The number of nitrogens with one attached hydrogen (secondary N) is 1. The number of carbonyl (C=O) groups is 1. The van der Waals surface area contributed by atoms with E-state index in [-0.39, 0.29) is 12.0 Å². The number of amides is 1. The van der Waals surface area contributed by atoms with E-state index < -0.39 is 0 Å². The molecule has 2 rings (SSSR count). The molecule has 116 valence electrons. The highest BCUT2D eigenvalue weighted by molar-refractivity contribution is 5.94. The molecule has 0 aliphatic carbocycles. The van der Waals surface area contributed by atoms with Crippen LogP contribution < -0.4 is 10.1 Å². The van der Waals surface area contributed by atoms with Crippen LogP contribution in [0.2, 0.25) is 0 Å². The van der Waals surface area contributed by atoms with Crippen LogP contribution in [0.3, 0.4) is 0 Å². The molecule has 1 unspecified atom stereocenters. The lowest BCUT2D eigenvalue weighted by atomic mass is 10.1. The number of benzene rings is 2. The third-order valence-corrected chi connectivity index (χ3v) is 3.57. The summed E-state index contributed by atoms with van der Waals surface area (Å²) in [7, 11) is 0. The van der Waals surface area contributed by atoms with Crippen molar-refractivity contribution in [3.8, 4) is 5.75 Å². The molecule has 0 aromatic heterocycles. The van der Waals surface area contributed by atoms with E-state index in [0.29, 0.717) is 12.1 Å². The van der Waals surface area contributed by atoms with Gasteiger partial charge in [0.1, 0.15) is 5.75 Å². The van der Waals surface area contributed by atoms with Crippen molar-refractivity contribution in [1.82, 2.24) is 5.32 Å². The molecule has 1 amide bonds. The molecular weight excluding hydrogens is 274 g/mol. The summed E-state index contributed by atoms with van der Waals surface area (Å²) in [5.74, 6) is 0.751. The normalized spacial score (nSPS) is 11.7. The summed E-state index contributed by atoms with van der Waals surface area (Å²) >= 11 is 0. The smallest absolute Gasteiger partial charge is 0.251 e. The molecule has 22 heavy (non-hydrogen) atoms. The Kier molecular flexibility index (Phi) is 6.01. The van der Waals surface area contributed by atoms with Crippen molar-refractivity contribution in [3.05, 3.63) is 65.7 Å². The van der Waals surface area contributed by atoms with E-state index in [9.17, 15) is 4.79 Å². The summed E-state index contributed by atoms with van der Waals surface area (Å²) in [6.45, 7) is 4.75. The van der Waals surface area contributed by atoms with E-state index in [4.69, 9.17) is 4.74 Å². The van der Waals surface area contributed by atoms with Crippen molar-refractivity contribution < 1.29 is 9.53 Å². The van der Waals surface area contributed by atoms with Crippen LogP contribution >= 0.6 is 0 Å². The molecule has 0 radical (unpaired) electrons. The van der Waals surface area contributed by atoms with E-state index >= 15 is 0 Å². The fourth-order valence-corrected chi connectivity index (χ4v) is 2.07. The standard InChI is InChI=1S/C19H23NO2/c1-3-15(2)22-18-11-9-17(10-12-18)19(21)20-14-13-16-7-5-4-6-8-16/h4-12,15H,3,13-14H2,1-2H3,(H,20,21). The molecule has 0 heterocycles. The first-order valence-corrected chi connectivity index (χ1v) is 7.78. The Morgan fingerprint density at radius 1 is 1.09 bits per heavy atom. The largest absolute Gasteiger partial charge is 0.491 e. The monoisotopic (exact) mass is 297 g/mol. The molecule has 0 saturated heterocycles. The van der Waals surface area contributed by atoms with Crippen LogP contribution in [0.5, 0.6) is 5.75 Å². The zero-order valence-electron chi connectivity index (χ0n) is 13.2. The third kappa shape index (κ3) is 4.92. The predicted octanol–water partition coefficient (Wildman–Crippen LogP) is 3.84. The number of rotatable bonds is 7. The van der Waals surface area contributed by atoms with Gasteiger partial charge < -0.3 is 10.1 Å². The van der Waals surface area contributed by atoms with Gasteiger partial charge in [0.15, 0.2) is 0 Å². The van der Waals surface area contributed by atoms with Gasteiger partial charge in [0.2, 0.25) is 0 Å². The van der Waals surface area contributed by atoms with Gasteiger partial charge in [0.05, 0.1) is 6.10 Å². The molecule has 0 aliphatic rings. The zero-order chi connectivity index (χ0) is 15.8. The first-order chi connectivity index (χ1) is 10.7. The summed E-state index contributed by atoms with van der Waals surface area (Å²) in [4.78, 5) is 12.1. The van der Waals surface area contributed by atoms with Crippen molar-refractivity contribution in [1.29, 1.82) is 0 Å². The van der Waals surface area contributed by atoms with E-state index in [1.165, 1.54) is 5.56 Å². The number of hydrogen-bond donors (Lipinski definition) is 1. The second-order valence-corrected chi connectivity index (χ2v) is 5.35.